The maximum absolute atomic E-state index is 14.6. The molecule has 3 aromatic carbocycles. The van der Waals surface area contributed by atoms with Crippen molar-refractivity contribution in [2.24, 2.45) is 0 Å². The number of hydrogen-bond donors (Lipinski definition) is 5. The SMILES string of the molecule is O=C1NCc2c1c1c3cc(F)ccc3n(C3O[C@H](CO)[C@@H](F)[C@H](O)[C@H]3O)c1c1[nH]c3ccc(F)cc3c21. The molecule has 2 aliphatic rings. The standard InChI is InChI=1S/C26H20F3N3O5/c27-9-1-3-14-11(5-9)17-13-7-30-25(36)19(13)18-12-6-10(28)2-4-15(12)32(22(18)21(17)31-14)26-24(35)23(34)20(29)16(8-33)37-26/h1-6,16,20,23-24,26,31,33-35H,7-8H2,(H,30,36)/t16-,20-,23+,24-,26?/m1/s1. The first-order chi connectivity index (χ1) is 17.8. The number of nitrogens with one attached hydrogen (secondary N) is 2. The molecule has 0 spiro atoms. The highest BCUT2D eigenvalue weighted by molar-refractivity contribution is 6.30. The van der Waals surface area contributed by atoms with Gasteiger partial charge in [-0.1, -0.05) is 0 Å². The number of carbonyl (C=O) groups is 1. The van der Waals surface area contributed by atoms with Crippen molar-refractivity contribution in [3.8, 4) is 0 Å². The summed E-state index contributed by atoms with van der Waals surface area (Å²) in [6.07, 6.45) is -8.54. The van der Waals surface area contributed by atoms with E-state index in [0.29, 0.717) is 49.2 Å². The molecule has 5 N–H and O–H groups in total. The molecule has 1 amide bonds. The molecule has 5 atom stereocenters. The van der Waals surface area contributed by atoms with E-state index in [9.17, 15) is 33.3 Å². The Kier molecular flexibility index (Phi) is 4.68. The fraction of sp³-hybridized carbons (Fsp3) is 0.269. The minimum Gasteiger partial charge on any atom is -0.394 e. The average molecular weight is 511 g/mol. The molecule has 4 heterocycles. The Morgan fingerprint density at radius 3 is 2.51 bits per heavy atom. The van der Waals surface area contributed by atoms with Gasteiger partial charge in [-0.05, 0) is 42.0 Å². The topological polar surface area (TPSA) is 120 Å². The second-order valence-electron chi connectivity index (χ2n) is 9.53. The van der Waals surface area contributed by atoms with Crippen LogP contribution in [0.15, 0.2) is 36.4 Å². The van der Waals surface area contributed by atoms with Crippen LogP contribution in [-0.4, -0.2) is 61.9 Å². The van der Waals surface area contributed by atoms with Crippen LogP contribution in [-0.2, 0) is 11.3 Å². The molecule has 0 saturated carbocycles. The highest BCUT2D eigenvalue weighted by Crippen LogP contribution is 2.46. The first-order valence-corrected chi connectivity index (χ1v) is 11.7. The summed E-state index contributed by atoms with van der Waals surface area (Å²) in [6.45, 7) is -0.588. The number of aliphatic hydroxyl groups excluding tert-OH is 3. The molecule has 2 aromatic heterocycles. The van der Waals surface area contributed by atoms with Gasteiger partial charge in [-0.25, -0.2) is 13.2 Å². The molecule has 1 fully saturated rings. The van der Waals surface area contributed by atoms with Crippen LogP contribution in [0, 0.1) is 11.6 Å². The summed E-state index contributed by atoms with van der Waals surface area (Å²) in [4.78, 5) is 16.4. The van der Waals surface area contributed by atoms with Gasteiger partial charge >= 0.3 is 0 Å². The van der Waals surface area contributed by atoms with Gasteiger partial charge in [0.05, 0.1) is 28.7 Å². The quantitative estimate of drug-likeness (QED) is 0.250. The molecule has 11 heteroatoms. The number of aliphatic hydroxyl groups is 3. The van der Waals surface area contributed by atoms with Crippen LogP contribution in [0.4, 0.5) is 13.2 Å². The molecule has 2 aliphatic heterocycles. The second-order valence-corrected chi connectivity index (χ2v) is 9.53. The van der Waals surface area contributed by atoms with Gasteiger partial charge in [0.2, 0.25) is 0 Å². The number of hydrogen-bond acceptors (Lipinski definition) is 5. The number of carbonyl (C=O) groups excluding carboxylic acids is 1. The smallest absolute Gasteiger partial charge is 0.252 e. The Morgan fingerprint density at radius 2 is 1.76 bits per heavy atom. The summed E-state index contributed by atoms with van der Waals surface area (Å²) in [5, 5.41) is 35.7. The predicted octanol–water partition coefficient (Wildman–Crippen LogP) is 2.90. The van der Waals surface area contributed by atoms with Gasteiger partial charge in [0, 0.05) is 33.6 Å². The zero-order valence-corrected chi connectivity index (χ0v) is 19.0. The van der Waals surface area contributed by atoms with Crippen LogP contribution in [0.25, 0.3) is 43.6 Å². The van der Waals surface area contributed by atoms with Crippen molar-refractivity contribution in [3.63, 3.8) is 0 Å². The lowest BCUT2D eigenvalue weighted by Gasteiger charge is -2.40. The van der Waals surface area contributed by atoms with Crippen molar-refractivity contribution in [1.29, 1.82) is 0 Å². The number of nitrogens with zero attached hydrogens (tertiary/aromatic N) is 1. The van der Waals surface area contributed by atoms with Crippen LogP contribution in [0.3, 0.4) is 0 Å². The van der Waals surface area contributed by atoms with Crippen molar-refractivity contribution in [2.45, 2.75) is 37.3 Å². The zero-order valence-electron chi connectivity index (χ0n) is 19.0. The number of alkyl halides is 1. The Bertz CT molecular complexity index is 1780. The van der Waals surface area contributed by atoms with Gasteiger partial charge in [-0.3, -0.25) is 4.79 Å². The normalized spacial score (nSPS) is 26.0. The van der Waals surface area contributed by atoms with E-state index in [2.05, 4.69) is 10.3 Å². The summed E-state index contributed by atoms with van der Waals surface area (Å²) in [7, 11) is 0. The Morgan fingerprint density at radius 1 is 1.03 bits per heavy atom. The van der Waals surface area contributed by atoms with E-state index in [1.54, 1.807) is 6.07 Å². The lowest BCUT2D eigenvalue weighted by Crippen LogP contribution is -2.54. The third-order valence-electron chi connectivity index (χ3n) is 7.54. The molecule has 0 aliphatic carbocycles. The van der Waals surface area contributed by atoms with E-state index < -0.39 is 54.9 Å². The van der Waals surface area contributed by atoms with E-state index in [-0.39, 0.29) is 12.1 Å². The van der Waals surface area contributed by atoms with Crippen LogP contribution in [0.2, 0.25) is 0 Å². The van der Waals surface area contributed by atoms with E-state index in [4.69, 9.17) is 4.74 Å². The first kappa shape index (κ1) is 22.5. The Balaban J connectivity index is 1.70. The van der Waals surface area contributed by atoms with Crippen molar-refractivity contribution >= 4 is 49.5 Å². The molecule has 7 rings (SSSR count). The minimum atomic E-state index is -2.05. The van der Waals surface area contributed by atoms with E-state index in [1.165, 1.54) is 34.9 Å². The van der Waals surface area contributed by atoms with Crippen molar-refractivity contribution in [3.05, 3.63) is 59.2 Å². The first-order valence-electron chi connectivity index (χ1n) is 11.7. The number of aromatic nitrogens is 2. The third kappa shape index (κ3) is 2.90. The highest BCUT2D eigenvalue weighted by Gasteiger charge is 2.46. The Labute approximate surface area is 205 Å². The number of fused-ring (bicyclic) bond motifs is 10. The van der Waals surface area contributed by atoms with E-state index in [0.717, 1.165) is 0 Å². The maximum atomic E-state index is 14.6. The number of amides is 1. The van der Waals surface area contributed by atoms with Gasteiger partial charge in [0.15, 0.2) is 12.4 Å². The van der Waals surface area contributed by atoms with Crippen LogP contribution >= 0.6 is 0 Å². The number of halogens is 3. The molecule has 37 heavy (non-hydrogen) atoms. The summed E-state index contributed by atoms with van der Waals surface area (Å²) in [5.41, 5.74) is 2.60. The molecule has 0 radical (unpaired) electrons. The van der Waals surface area contributed by atoms with Gasteiger partial charge in [0.1, 0.15) is 29.9 Å². The molecule has 8 nitrogen and oxygen atoms in total. The molecule has 190 valence electrons. The van der Waals surface area contributed by atoms with E-state index in [1.807, 2.05) is 0 Å². The maximum Gasteiger partial charge on any atom is 0.252 e. The van der Waals surface area contributed by atoms with Crippen LogP contribution < -0.4 is 5.32 Å². The molecule has 1 saturated heterocycles. The molecular formula is C26H20F3N3O5. The highest BCUT2D eigenvalue weighted by atomic mass is 19.1. The average Bonchev–Trinajstić information content (AvgIpc) is 3.54. The lowest BCUT2D eigenvalue weighted by molar-refractivity contribution is -0.233. The fourth-order valence-electron chi connectivity index (χ4n) is 5.93. The van der Waals surface area contributed by atoms with Crippen LogP contribution in [0.5, 0.6) is 0 Å². The third-order valence-corrected chi connectivity index (χ3v) is 7.54. The summed E-state index contributed by atoms with van der Waals surface area (Å²) in [5.74, 6) is -1.45. The zero-order chi connectivity index (χ0) is 25.7. The number of H-pyrrole nitrogens is 1. The lowest BCUT2D eigenvalue weighted by atomic mass is 9.96. The predicted molar refractivity (Wildman–Crippen MR) is 128 cm³/mol. The fourth-order valence-corrected chi connectivity index (χ4v) is 5.93. The number of rotatable bonds is 2. The summed E-state index contributed by atoms with van der Waals surface area (Å²) < 4.78 is 50.7. The Hall–Kier alpha value is -3.64. The summed E-state index contributed by atoms with van der Waals surface area (Å²) >= 11 is 0. The van der Waals surface area contributed by atoms with Crippen molar-refractivity contribution in [1.82, 2.24) is 14.9 Å². The van der Waals surface area contributed by atoms with Crippen molar-refractivity contribution < 1.29 is 38.0 Å². The number of aromatic amines is 1. The second kappa shape index (κ2) is 7.68. The van der Waals surface area contributed by atoms with Crippen LogP contribution in [0.1, 0.15) is 22.1 Å². The minimum absolute atomic E-state index is 0.170. The van der Waals surface area contributed by atoms with Gasteiger partial charge < -0.3 is 34.9 Å². The van der Waals surface area contributed by atoms with E-state index >= 15 is 0 Å². The summed E-state index contributed by atoms with van der Waals surface area (Å²) in [6, 6.07) is 8.09. The molecule has 0 bridgehead atoms. The molecule has 1 unspecified atom stereocenters. The molecule has 5 aromatic rings. The number of ether oxygens (including phenoxy) is 1. The number of benzene rings is 3. The van der Waals surface area contributed by atoms with Crippen molar-refractivity contribution in [2.75, 3.05) is 6.61 Å². The van der Waals surface area contributed by atoms with Gasteiger partial charge in [0.25, 0.3) is 5.91 Å². The molecular weight excluding hydrogens is 491 g/mol. The monoisotopic (exact) mass is 511 g/mol. The van der Waals surface area contributed by atoms with Gasteiger partial charge in [-0.15, -0.1) is 0 Å². The largest absolute Gasteiger partial charge is 0.394 e. The van der Waals surface area contributed by atoms with Gasteiger partial charge in [-0.2, -0.15) is 0 Å².